The molecule has 0 unspecified atom stereocenters. The topological polar surface area (TPSA) is 14.1 Å². The molecule has 20 heavy (non-hydrogen) atoms. The van der Waals surface area contributed by atoms with E-state index in [9.17, 15) is 0 Å². The van der Waals surface area contributed by atoms with Gasteiger partial charge in [0.15, 0.2) is 0 Å². The molecule has 0 aromatic heterocycles. The summed E-state index contributed by atoms with van der Waals surface area (Å²) in [5.74, 6) is 0. The van der Waals surface area contributed by atoms with Crippen LogP contribution in [0, 0.1) is 0 Å². The van der Waals surface area contributed by atoms with Gasteiger partial charge in [-0.2, -0.15) is 0 Å². The number of unbranched alkanes of at least 4 members (excludes halogenated alkanes) is 11. The Morgan fingerprint density at radius 2 is 1.10 bits per heavy atom. The van der Waals surface area contributed by atoms with Crippen LogP contribution in [0.3, 0.4) is 0 Å². The molecule has 0 aliphatic carbocycles. The van der Waals surface area contributed by atoms with Crippen LogP contribution in [0.2, 0.25) is 0 Å². The summed E-state index contributed by atoms with van der Waals surface area (Å²) in [6.07, 6.45) is 22.7. The summed E-state index contributed by atoms with van der Waals surface area (Å²) in [6.45, 7) is 6.47. The maximum Gasteiger partial charge on any atom is 0.0133 e. The van der Waals surface area contributed by atoms with Crippen LogP contribution in [0.5, 0.6) is 0 Å². The Hall–Kier alpha value is -0.300. The maximum absolute atomic E-state index is 4.36. The van der Waals surface area contributed by atoms with Gasteiger partial charge in [0.05, 0.1) is 0 Å². The third-order valence-corrected chi connectivity index (χ3v) is 3.80. The molecule has 0 fully saturated rings. The second kappa shape index (κ2) is 18.7. The van der Waals surface area contributed by atoms with Crippen molar-refractivity contribution < 1.29 is 0 Å². The van der Waals surface area contributed by atoms with Gasteiger partial charge in [0.2, 0.25) is 0 Å². The van der Waals surface area contributed by atoms with Crippen LogP contribution in [0.4, 0.5) is 0 Å². The van der Waals surface area contributed by atoms with E-state index in [4.69, 9.17) is 0 Å². The fraction of sp³-hybridized carbons (Fsp3) is 0.895. The van der Waals surface area contributed by atoms with Crippen molar-refractivity contribution in [2.45, 2.75) is 97.3 Å². The molecule has 0 N–H and O–H groups in total. The average molecular weight is 281 g/mol. The molecular formula is C19H38N. The minimum absolute atomic E-state index is 0.992. The van der Waals surface area contributed by atoms with Crippen molar-refractivity contribution in [3.05, 3.63) is 12.2 Å². The Kier molecular flexibility index (Phi) is 18.4. The van der Waals surface area contributed by atoms with E-state index in [1.807, 2.05) is 0 Å². The summed E-state index contributed by atoms with van der Waals surface area (Å²) in [4.78, 5) is 0. The summed E-state index contributed by atoms with van der Waals surface area (Å²) in [6, 6.07) is 0. The van der Waals surface area contributed by atoms with E-state index in [-0.39, 0.29) is 0 Å². The van der Waals surface area contributed by atoms with Crippen molar-refractivity contribution in [2.75, 3.05) is 13.1 Å². The molecule has 1 nitrogen and oxygen atoms in total. The lowest BCUT2D eigenvalue weighted by molar-refractivity contribution is 0.560. The first-order valence-electron chi connectivity index (χ1n) is 9.20. The smallest absolute Gasteiger partial charge is 0.0133 e. The SMILES string of the molecule is CCCCCC/C=C/CCCCCCCCC[N]CC. The van der Waals surface area contributed by atoms with E-state index in [1.165, 1.54) is 83.5 Å². The Balaban J connectivity index is 3.00. The molecule has 0 aromatic rings. The highest BCUT2D eigenvalue weighted by Gasteiger charge is 1.92. The van der Waals surface area contributed by atoms with Gasteiger partial charge in [-0.1, -0.05) is 77.4 Å². The first-order chi connectivity index (χ1) is 9.91. The molecule has 0 amide bonds. The normalized spacial score (nSPS) is 11.5. The van der Waals surface area contributed by atoms with Crippen LogP contribution < -0.4 is 5.32 Å². The lowest BCUT2D eigenvalue weighted by Crippen LogP contribution is -2.04. The molecule has 1 heteroatoms. The summed E-state index contributed by atoms with van der Waals surface area (Å²) >= 11 is 0. The van der Waals surface area contributed by atoms with Gasteiger partial charge in [0.25, 0.3) is 0 Å². The van der Waals surface area contributed by atoms with Gasteiger partial charge in [0.1, 0.15) is 0 Å². The Bertz CT molecular complexity index is 186. The Labute approximate surface area is 128 Å². The lowest BCUT2D eigenvalue weighted by Gasteiger charge is -2.01. The van der Waals surface area contributed by atoms with Crippen LogP contribution in [-0.2, 0) is 0 Å². The van der Waals surface area contributed by atoms with Crippen molar-refractivity contribution in [1.82, 2.24) is 5.32 Å². The molecule has 0 saturated heterocycles. The number of rotatable bonds is 16. The van der Waals surface area contributed by atoms with E-state index < -0.39 is 0 Å². The summed E-state index contributed by atoms with van der Waals surface area (Å²) in [7, 11) is 0. The lowest BCUT2D eigenvalue weighted by atomic mass is 10.1. The van der Waals surface area contributed by atoms with Gasteiger partial charge in [-0.15, -0.1) is 0 Å². The fourth-order valence-electron chi connectivity index (χ4n) is 2.45. The third kappa shape index (κ3) is 17.7. The maximum atomic E-state index is 4.36. The quantitative estimate of drug-likeness (QED) is 0.234. The van der Waals surface area contributed by atoms with E-state index >= 15 is 0 Å². The van der Waals surface area contributed by atoms with Crippen molar-refractivity contribution >= 4 is 0 Å². The van der Waals surface area contributed by atoms with Crippen molar-refractivity contribution in [3.8, 4) is 0 Å². The highest BCUT2D eigenvalue weighted by atomic mass is 14.8. The van der Waals surface area contributed by atoms with E-state index in [2.05, 4.69) is 31.3 Å². The molecular weight excluding hydrogens is 242 g/mol. The van der Waals surface area contributed by atoms with Gasteiger partial charge in [-0.25, -0.2) is 5.32 Å². The molecule has 1 radical (unpaired) electrons. The fourth-order valence-corrected chi connectivity index (χ4v) is 2.45. The molecule has 0 aromatic carbocycles. The van der Waals surface area contributed by atoms with Gasteiger partial charge < -0.3 is 0 Å². The Morgan fingerprint density at radius 1 is 0.600 bits per heavy atom. The van der Waals surface area contributed by atoms with Gasteiger partial charge in [-0.3, -0.25) is 0 Å². The molecule has 0 aliphatic heterocycles. The second-order valence-corrected chi connectivity index (χ2v) is 5.85. The number of nitrogens with zero attached hydrogens (tertiary/aromatic N) is 1. The molecule has 0 bridgehead atoms. The first-order valence-corrected chi connectivity index (χ1v) is 9.20. The Morgan fingerprint density at radius 3 is 1.65 bits per heavy atom. The minimum atomic E-state index is 0.992. The predicted molar refractivity (Wildman–Crippen MR) is 92.4 cm³/mol. The molecule has 0 saturated carbocycles. The molecule has 0 heterocycles. The zero-order valence-electron chi connectivity index (χ0n) is 14.2. The van der Waals surface area contributed by atoms with Crippen molar-refractivity contribution in [1.29, 1.82) is 0 Å². The van der Waals surface area contributed by atoms with Crippen LogP contribution in [0.25, 0.3) is 0 Å². The molecule has 0 rings (SSSR count). The highest BCUT2D eigenvalue weighted by Crippen LogP contribution is 2.09. The standard InChI is InChI=1S/C19H38N/c1-3-5-6-7-8-9-10-11-12-13-14-15-16-17-18-19-20-4-2/h9-10H,3-8,11-19H2,1-2H3/b10-9+. The van der Waals surface area contributed by atoms with Crippen LogP contribution in [0.15, 0.2) is 12.2 Å². The van der Waals surface area contributed by atoms with Gasteiger partial charge in [0, 0.05) is 13.1 Å². The third-order valence-electron chi connectivity index (χ3n) is 3.80. The van der Waals surface area contributed by atoms with E-state index in [0.29, 0.717) is 0 Å². The van der Waals surface area contributed by atoms with Crippen molar-refractivity contribution in [3.63, 3.8) is 0 Å². The first kappa shape index (κ1) is 19.7. The summed E-state index contributed by atoms with van der Waals surface area (Å²) in [5.41, 5.74) is 0. The zero-order chi connectivity index (χ0) is 14.7. The largest absolute Gasteiger partial charge is 0.242 e. The highest BCUT2D eigenvalue weighted by molar-refractivity contribution is 4.81. The number of hydrogen-bond donors (Lipinski definition) is 0. The minimum Gasteiger partial charge on any atom is -0.242 e. The van der Waals surface area contributed by atoms with Crippen LogP contribution >= 0.6 is 0 Å². The number of allylic oxidation sites excluding steroid dienone is 2. The van der Waals surface area contributed by atoms with Crippen molar-refractivity contribution in [2.24, 2.45) is 0 Å². The van der Waals surface area contributed by atoms with Gasteiger partial charge >= 0.3 is 0 Å². The zero-order valence-corrected chi connectivity index (χ0v) is 14.2. The monoisotopic (exact) mass is 280 g/mol. The summed E-state index contributed by atoms with van der Waals surface area (Å²) < 4.78 is 0. The summed E-state index contributed by atoms with van der Waals surface area (Å²) in [5, 5.41) is 4.36. The molecule has 0 aliphatic rings. The van der Waals surface area contributed by atoms with E-state index in [0.717, 1.165) is 13.1 Å². The number of hydrogen-bond acceptors (Lipinski definition) is 0. The predicted octanol–water partition coefficient (Wildman–Crippen LogP) is 6.26. The molecule has 0 atom stereocenters. The van der Waals surface area contributed by atoms with Crippen LogP contribution in [0.1, 0.15) is 97.3 Å². The molecule has 0 spiro atoms. The van der Waals surface area contributed by atoms with Gasteiger partial charge in [-0.05, 0) is 32.1 Å². The average Bonchev–Trinajstić information content (AvgIpc) is 2.47. The molecule has 119 valence electrons. The van der Waals surface area contributed by atoms with Crippen LogP contribution in [-0.4, -0.2) is 13.1 Å². The van der Waals surface area contributed by atoms with E-state index in [1.54, 1.807) is 0 Å². The second-order valence-electron chi connectivity index (χ2n) is 5.85.